The van der Waals surface area contributed by atoms with Crippen molar-refractivity contribution in [1.29, 1.82) is 0 Å². The molecule has 0 fully saturated rings. The Labute approximate surface area is 862 Å². The Bertz CT molecular complexity index is 7050. The standard InChI is InChI=1S/C22H25NO7.C20H19NO6.C20H21NO4.C18H19NO5.C18H17NO5.C16H13NO3/c1-4-30-20(24)14-21(25)12-11-17-13-16(7-10-19(17)22(21,28-2)29-3)15-5-8-18(9-6-15)23(26)27;1-2-27-18(22)12-20(24)10-9-15-11-14(5-8-17(15)19(20)23)13-3-6-16(7-4-13)21(25)26;1-2-25-18(22)12-20(24)10-9-15-11-14(5-8-17(15)19(20)23)13-3-6-16(21)7-4-13;2*1-23-18(24-2)16-9-5-13(11-14(16)6-10-17(18)20)12-3-7-15(8-4-12)19(21)22;18-16-3-1-2-13-10-12(6-9-15(13)16)11-4-7-14(8-5-11)17(19)20/h5-10,13,25H,4,11-12,14H2,1-3H3;3-8,11,24H,2,9-10,12H2,1H3;3-8,11,24H,2,9-10,12,21H2,1H3;3-5,7-9,11,17,20H,6,10H2,1-2H3;3-5,7-9,11H,6,10H2,1-2H3;4-10H,1-3H2. The quantitative estimate of drug-likeness (QED) is 0.00839. The van der Waals surface area contributed by atoms with Crippen LogP contribution in [0.3, 0.4) is 0 Å². The highest BCUT2D eigenvalue weighted by Crippen LogP contribution is 2.50. The van der Waals surface area contributed by atoms with Crippen molar-refractivity contribution in [2.75, 3.05) is 68.2 Å². The summed E-state index contributed by atoms with van der Waals surface area (Å²) in [5.41, 5.74) is 22.1. The van der Waals surface area contributed by atoms with Crippen LogP contribution in [-0.4, -0.2) is 171 Å². The zero-order valence-corrected chi connectivity index (χ0v) is 84.0. The maximum absolute atomic E-state index is 12.7. The Kier molecular flexibility index (Phi) is 35.9. The van der Waals surface area contributed by atoms with Crippen LogP contribution in [0.5, 0.6) is 0 Å². The number of non-ortho nitro benzene ring substituents is 5. The molecule has 0 heterocycles. The number of benzene rings is 12. The first-order valence-corrected chi connectivity index (χ1v) is 48.4. The number of carbonyl (C=O) groups excluding carboxylic acids is 7. The number of carbonyl (C=O) groups is 7. The molecule has 0 bridgehead atoms. The van der Waals surface area contributed by atoms with Crippen LogP contribution < -0.4 is 5.73 Å². The van der Waals surface area contributed by atoms with Crippen molar-refractivity contribution in [3.05, 3.63) is 372 Å². The average Bonchev–Trinajstić information content (AvgIpc) is 0.722. The monoisotopic (exact) mass is 2050 g/mol. The molecule has 12 aromatic rings. The minimum Gasteiger partial charge on any atom is -0.466 e. The molecule has 18 rings (SSSR count). The molecule has 6 aliphatic carbocycles. The Morgan fingerprint density at radius 2 is 0.633 bits per heavy atom. The van der Waals surface area contributed by atoms with Gasteiger partial charge in [0.25, 0.3) is 34.2 Å². The lowest BCUT2D eigenvalue weighted by atomic mass is 9.72. The molecule has 0 aromatic heterocycles. The summed E-state index contributed by atoms with van der Waals surface area (Å²) in [5.74, 6) is -6.48. The van der Waals surface area contributed by atoms with E-state index in [1.54, 1.807) is 106 Å². The molecule has 36 nitrogen and oxygen atoms in total. The number of nitro groups is 5. The SMILES string of the molecule is CCOC(=O)CC1(O)CCc2cc(-c3ccc(N)cc3)ccc2C1=O.CCOC(=O)CC1(O)CCc2cc(-c3ccc([N+](=O)[O-])cc3)ccc2C1(OC)OC.CCOC(=O)CC1(O)CCc2cc(-c3ccc([N+](=O)[O-])cc3)ccc2C1=O.COC1(OC)C(=O)CCc2cc(-c3ccc([N+](=O)[O-])cc3)ccc21.COC1(OC)c2ccc(-c3ccc([N+](=O)[O-])cc3)cc2CCC1O.O=C1CCCc2cc(-c3ccc([N+](=O)[O-])cc3)ccc21. The van der Waals surface area contributed by atoms with Gasteiger partial charge in [0.2, 0.25) is 11.6 Å². The van der Waals surface area contributed by atoms with Crippen LogP contribution in [0.25, 0.3) is 66.8 Å². The van der Waals surface area contributed by atoms with Gasteiger partial charge in [-0.25, -0.2) is 0 Å². The maximum atomic E-state index is 12.7. The van der Waals surface area contributed by atoms with Gasteiger partial charge in [0, 0.05) is 155 Å². The number of aliphatic hydroxyl groups excluding tert-OH is 1. The van der Waals surface area contributed by atoms with E-state index in [9.17, 15) is 105 Å². The molecular formula is C114H114N6O30. The molecule has 4 atom stereocenters. The van der Waals surface area contributed by atoms with Gasteiger partial charge >= 0.3 is 17.9 Å². The average molecular weight is 2050 g/mol. The number of ether oxygens (including phenoxy) is 9. The first-order chi connectivity index (χ1) is 71.7. The summed E-state index contributed by atoms with van der Waals surface area (Å²) in [6, 6.07) is 72.9. The van der Waals surface area contributed by atoms with Crippen LogP contribution in [0.4, 0.5) is 34.1 Å². The van der Waals surface area contributed by atoms with Crippen molar-refractivity contribution in [1.82, 2.24) is 0 Å². The number of methoxy groups -OCH3 is 6. The highest BCUT2D eigenvalue weighted by atomic mass is 16.7. The molecule has 0 saturated heterocycles. The predicted octanol–water partition coefficient (Wildman–Crippen LogP) is 19.2. The molecule has 780 valence electrons. The van der Waals surface area contributed by atoms with Gasteiger partial charge in [0.15, 0.2) is 23.1 Å². The van der Waals surface area contributed by atoms with Crippen molar-refractivity contribution in [3.63, 3.8) is 0 Å². The lowest BCUT2D eigenvalue weighted by Gasteiger charge is -2.48. The molecule has 4 unspecified atom stereocenters. The summed E-state index contributed by atoms with van der Waals surface area (Å²) in [6.45, 7) is 5.70. The fourth-order valence-electron chi connectivity index (χ4n) is 19.8. The number of hydrogen-bond donors (Lipinski definition) is 5. The van der Waals surface area contributed by atoms with Gasteiger partial charge in [-0.1, -0.05) is 121 Å². The van der Waals surface area contributed by atoms with Gasteiger partial charge < -0.3 is 68.8 Å². The fraction of sp³-hybridized carbons (Fsp3) is 0.307. The van der Waals surface area contributed by atoms with E-state index < -0.39 is 94.4 Å². The van der Waals surface area contributed by atoms with E-state index in [0.29, 0.717) is 73.7 Å². The van der Waals surface area contributed by atoms with Crippen LogP contribution in [0.15, 0.2) is 255 Å². The zero-order chi connectivity index (χ0) is 108. The van der Waals surface area contributed by atoms with E-state index >= 15 is 0 Å². The number of aryl methyl sites for hydroxylation is 6. The van der Waals surface area contributed by atoms with Crippen molar-refractivity contribution in [2.24, 2.45) is 0 Å². The largest absolute Gasteiger partial charge is 0.466 e. The van der Waals surface area contributed by atoms with Gasteiger partial charge in [-0.2, -0.15) is 0 Å². The minimum absolute atomic E-state index is 0.0101. The Morgan fingerprint density at radius 1 is 0.333 bits per heavy atom. The van der Waals surface area contributed by atoms with Crippen molar-refractivity contribution >= 4 is 75.2 Å². The number of hydrogen-bond acceptors (Lipinski definition) is 31. The highest BCUT2D eigenvalue weighted by Gasteiger charge is 2.58. The lowest BCUT2D eigenvalue weighted by molar-refractivity contribution is -0.385. The second-order valence-electron chi connectivity index (χ2n) is 36.5. The normalized spacial score (nSPS) is 17.9. The molecular weight excluding hydrogens is 1930 g/mol. The number of nitrogens with two attached hydrogens (primary N) is 1. The topological polar surface area (TPSA) is 525 Å². The number of Topliss-reactive ketones (excluding diaryl/α,β-unsaturated/α-hetero) is 4. The number of ketones is 4. The Morgan fingerprint density at radius 3 is 0.980 bits per heavy atom. The van der Waals surface area contributed by atoms with Crippen LogP contribution >= 0.6 is 0 Å². The molecule has 0 radical (unpaired) electrons. The van der Waals surface area contributed by atoms with Crippen molar-refractivity contribution in [2.45, 2.75) is 164 Å². The van der Waals surface area contributed by atoms with E-state index in [1.165, 1.54) is 103 Å². The van der Waals surface area contributed by atoms with Crippen LogP contribution in [-0.2, 0) is 118 Å². The third-order valence-corrected chi connectivity index (χ3v) is 27.6. The number of anilines is 1. The van der Waals surface area contributed by atoms with Crippen LogP contribution in [0.2, 0.25) is 0 Å². The number of nitrogens with zero attached hydrogens (tertiary/aromatic N) is 5. The predicted molar refractivity (Wildman–Crippen MR) is 553 cm³/mol. The highest BCUT2D eigenvalue weighted by molar-refractivity contribution is 6.08. The summed E-state index contributed by atoms with van der Waals surface area (Å²) >= 11 is 0. The van der Waals surface area contributed by atoms with Crippen molar-refractivity contribution in [3.8, 4) is 66.8 Å². The third kappa shape index (κ3) is 24.4. The summed E-state index contributed by atoms with van der Waals surface area (Å²) in [6.07, 6.45) is 5.07. The minimum atomic E-state index is -1.74. The number of aliphatic hydroxyl groups is 4. The summed E-state index contributed by atoms with van der Waals surface area (Å²) in [4.78, 5) is 137. The van der Waals surface area contributed by atoms with E-state index in [4.69, 9.17) is 48.4 Å². The number of fused-ring (bicyclic) bond motifs is 6. The maximum Gasteiger partial charge on any atom is 0.309 e. The molecule has 36 heteroatoms. The van der Waals surface area contributed by atoms with E-state index in [0.717, 1.165) is 130 Å². The molecule has 12 aromatic carbocycles. The van der Waals surface area contributed by atoms with Gasteiger partial charge in [0.05, 0.1) is 63.7 Å². The second-order valence-corrected chi connectivity index (χ2v) is 36.5. The molecule has 6 N–H and O–H groups in total. The smallest absolute Gasteiger partial charge is 0.309 e. The summed E-state index contributed by atoms with van der Waals surface area (Å²) < 4.78 is 47.9. The first kappa shape index (κ1) is 111. The van der Waals surface area contributed by atoms with Gasteiger partial charge in [-0.15, -0.1) is 0 Å². The first-order valence-electron chi connectivity index (χ1n) is 48.4. The van der Waals surface area contributed by atoms with E-state index in [2.05, 4.69) is 0 Å². The number of rotatable bonds is 26. The van der Waals surface area contributed by atoms with Crippen molar-refractivity contribution < 1.29 is 121 Å². The number of esters is 3. The van der Waals surface area contributed by atoms with Crippen LogP contribution in [0, 0.1) is 50.6 Å². The van der Waals surface area contributed by atoms with E-state index in [-0.39, 0.29) is 98.3 Å². The zero-order valence-electron chi connectivity index (χ0n) is 84.0. The summed E-state index contributed by atoms with van der Waals surface area (Å²) in [7, 11) is 8.82. The number of nitro benzene ring substituents is 5. The molecule has 150 heavy (non-hydrogen) atoms. The molecule has 0 aliphatic heterocycles. The van der Waals surface area contributed by atoms with Gasteiger partial charge in [-0.3, -0.25) is 84.1 Å². The van der Waals surface area contributed by atoms with Crippen LogP contribution in [0.1, 0.15) is 166 Å². The number of nitrogen functional groups attached to an aromatic ring is 1. The van der Waals surface area contributed by atoms with Gasteiger partial charge in [-0.05, 0) is 264 Å². The molecule has 0 amide bonds. The Hall–Kier alpha value is -15.9. The fourth-order valence-corrected chi connectivity index (χ4v) is 19.8. The molecule has 0 spiro atoms. The van der Waals surface area contributed by atoms with E-state index in [1.807, 2.05) is 109 Å². The lowest BCUT2D eigenvalue weighted by Crippen LogP contribution is -2.58. The third-order valence-electron chi connectivity index (χ3n) is 27.6. The second kappa shape index (κ2) is 48.4. The molecule has 6 aliphatic rings. The Balaban J connectivity index is 0.000000150. The van der Waals surface area contributed by atoms with Gasteiger partial charge in [0.1, 0.15) is 22.9 Å². The summed E-state index contributed by atoms with van der Waals surface area (Å²) in [5, 5.41) is 96.8. The molecule has 0 saturated carbocycles.